The summed E-state index contributed by atoms with van der Waals surface area (Å²) in [6, 6.07) is 4.74. The summed E-state index contributed by atoms with van der Waals surface area (Å²) in [5.74, 6) is 0.0698. The predicted molar refractivity (Wildman–Crippen MR) is 93.8 cm³/mol. The Morgan fingerprint density at radius 1 is 1.12 bits per heavy atom. The lowest BCUT2D eigenvalue weighted by Gasteiger charge is -2.12. The van der Waals surface area contributed by atoms with Gasteiger partial charge in [-0.3, -0.25) is 9.51 Å². The first kappa shape index (κ1) is 17.7. The second-order valence-electron chi connectivity index (χ2n) is 5.40. The van der Waals surface area contributed by atoms with Crippen LogP contribution in [0, 0.1) is 0 Å². The molecule has 130 valence electrons. The number of hydrogen-bond acceptors (Lipinski definition) is 6. The summed E-state index contributed by atoms with van der Waals surface area (Å²) in [6.45, 7) is 3.94. The van der Waals surface area contributed by atoms with Gasteiger partial charge in [0.15, 0.2) is 16.7 Å². The van der Waals surface area contributed by atoms with E-state index >= 15 is 0 Å². The van der Waals surface area contributed by atoms with Crippen LogP contribution in [-0.4, -0.2) is 20.3 Å². The lowest BCUT2D eigenvalue weighted by Crippen LogP contribution is -1.98. The number of rotatable bonds is 4. The van der Waals surface area contributed by atoms with E-state index in [-0.39, 0.29) is 33.4 Å². The highest BCUT2D eigenvalue weighted by molar-refractivity contribution is 6.37. The van der Waals surface area contributed by atoms with Gasteiger partial charge in [0.1, 0.15) is 0 Å². The molecule has 3 aromatic rings. The molecule has 0 radical (unpaired) electrons. The molecule has 0 fully saturated rings. The van der Waals surface area contributed by atoms with Gasteiger partial charge in [-0.15, -0.1) is 10.2 Å². The molecule has 0 saturated heterocycles. The van der Waals surface area contributed by atoms with Crippen LogP contribution >= 0.6 is 34.8 Å². The Balaban J connectivity index is 1.96. The maximum Gasteiger partial charge on any atom is 0.439 e. The fourth-order valence-electron chi connectivity index (χ4n) is 2.08. The van der Waals surface area contributed by atoms with Crippen molar-refractivity contribution in [1.82, 2.24) is 20.3 Å². The van der Waals surface area contributed by atoms with Gasteiger partial charge in [-0.25, -0.2) is 4.79 Å². The number of nitrogens with zero attached hydrogens (tertiary/aromatic N) is 3. The predicted octanol–water partition coefficient (Wildman–Crippen LogP) is 4.70. The Kier molecular flexibility index (Phi) is 4.99. The van der Waals surface area contributed by atoms with Crippen LogP contribution < -0.4 is 10.5 Å². The SMILES string of the molecule is CC(C)c1cc(Oc2c(Cl)cc(-c3noc(=O)[nH]3)cc2Cl)nnc1Cl. The van der Waals surface area contributed by atoms with Gasteiger partial charge >= 0.3 is 5.76 Å². The van der Waals surface area contributed by atoms with Gasteiger partial charge in [0.2, 0.25) is 5.88 Å². The Morgan fingerprint density at radius 3 is 2.36 bits per heavy atom. The zero-order chi connectivity index (χ0) is 18.1. The molecule has 0 amide bonds. The lowest BCUT2D eigenvalue weighted by atomic mass is 10.1. The zero-order valence-corrected chi connectivity index (χ0v) is 15.3. The van der Waals surface area contributed by atoms with E-state index in [1.54, 1.807) is 6.07 Å². The maximum absolute atomic E-state index is 11.1. The van der Waals surface area contributed by atoms with Crippen molar-refractivity contribution >= 4 is 34.8 Å². The molecule has 0 aliphatic heterocycles. The van der Waals surface area contributed by atoms with Gasteiger partial charge in [-0.2, -0.15) is 0 Å². The Hall–Kier alpha value is -2.09. The monoisotopic (exact) mass is 400 g/mol. The second-order valence-corrected chi connectivity index (χ2v) is 6.57. The molecule has 10 heteroatoms. The largest absolute Gasteiger partial charge is 0.439 e. The smallest absolute Gasteiger partial charge is 0.434 e. The van der Waals surface area contributed by atoms with Crippen molar-refractivity contribution in [3.05, 3.63) is 49.5 Å². The molecule has 0 unspecified atom stereocenters. The summed E-state index contributed by atoms with van der Waals surface area (Å²) in [5, 5.41) is 12.1. The molecule has 3 rings (SSSR count). The topological polar surface area (TPSA) is 93.9 Å². The summed E-state index contributed by atoms with van der Waals surface area (Å²) in [6.07, 6.45) is 0. The minimum Gasteiger partial charge on any atom is -0.434 e. The van der Waals surface area contributed by atoms with Crippen LogP contribution in [0.2, 0.25) is 15.2 Å². The van der Waals surface area contributed by atoms with E-state index in [0.29, 0.717) is 10.7 Å². The second kappa shape index (κ2) is 7.03. The fraction of sp³-hybridized carbons (Fsp3) is 0.200. The molecule has 25 heavy (non-hydrogen) atoms. The molecular weight excluding hydrogens is 391 g/mol. The molecule has 0 atom stereocenters. The summed E-state index contributed by atoms with van der Waals surface area (Å²) < 4.78 is 10.1. The Morgan fingerprint density at radius 2 is 1.80 bits per heavy atom. The van der Waals surface area contributed by atoms with E-state index in [1.165, 1.54) is 12.1 Å². The van der Waals surface area contributed by atoms with Gasteiger partial charge < -0.3 is 4.74 Å². The Labute approximate surface area is 156 Å². The third kappa shape index (κ3) is 3.78. The van der Waals surface area contributed by atoms with Crippen molar-refractivity contribution in [2.75, 3.05) is 0 Å². The number of aromatic amines is 1. The number of hydrogen-bond donors (Lipinski definition) is 1. The first-order valence-corrected chi connectivity index (χ1v) is 8.25. The minimum atomic E-state index is -0.680. The average molecular weight is 402 g/mol. The molecule has 0 saturated carbocycles. The lowest BCUT2D eigenvalue weighted by molar-refractivity contribution is 0.388. The number of H-pyrrole nitrogens is 1. The van der Waals surface area contributed by atoms with E-state index in [0.717, 1.165) is 5.56 Å². The Bertz CT molecular complexity index is 961. The van der Waals surface area contributed by atoms with Crippen molar-refractivity contribution < 1.29 is 9.26 Å². The first-order chi connectivity index (χ1) is 11.8. The van der Waals surface area contributed by atoms with Crippen molar-refractivity contribution in [1.29, 1.82) is 0 Å². The van der Waals surface area contributed by atoms with Crippen LogP contribution in [0.4, 0.5) is 0 Å². The summed E-state index contributed by atoms with van der Waals surface area (Å²) >= 11 is 18.5. The third-order valence-corrected chi connectivity index (χ3v) is 4.15. The summed E-state index contributed by atoms with van der Waals surface area (Å²) in [5.41, 5.74) is 1.26. The van der Waals surface area contributed by atoms with Crippen molar-refractivity contribution in [3.63, 3.8) is 0 Å². The molecule has 2 heterocycles. The normalized spacial score (nSPS) is 11.1. The van der Waals surface area contributed by atoms with Gasteiger partial charge in [-0.1, -0.05) is 53.8 Å². The quantitative estimate of drug-likeness (QED) is 0.681. The third-order valence-electron chi connectivity index (χ3n) is 3.29. The highest BCUT2D eigenvalue weighted by atomic mass is 35.5. The standard InChI is InChI=1S/C15H11Cl3N4O3/c1-6(2)8-5-11(20-21-13(8)18)24-12-9(16)3-7(4-10(12)17)14-19-15(23)25-22-14/h3-6H,1-2H3,(H,19,22,23). The van der Waals surface area contributed by atoms with E-state index in [2.05, 4.69) is 24.9 Å². The first-order valence-electron chi connectivity index (χ1n) is 7.11. The van der Waals surface area contributed by atoms with Crippen LogP contribution in [0.1, 0.15) is 25.3 Å². The molecule has 1 N–H and O–H groups in total. The number of benzene rings is 1. The van der Waals surface area contributed by atoms with Gasteiger partial charge in [0.25, 0.3) is 0 Å². The highest BCUT2D eigenvalue weighted by Crippen LogP contribution is 2.39. The van der Waals surface area contributed by atoms with Gasteiger partial charge in [-0.05, 0) is 23.6 Å². The molecular formula is C15H11Cl3N4O3. The number of aromatic nitrogens is 4. The van der Waals surface area contributed by atoms with Crippen molar-refractivity contribution in [2.45, 2.75) is 19.8 Å². The fourth-order valence-corrected chi connectivity index (χ4v) is 2.95. The molecule has 7 nitrogen and oxygen atoms in total. The number of ether oxygens (including phenoxy) is 1. The van der Waals surface area contributed by atoms with E-state index in [9.17, 15) is 4.79 Å². The zero-order valence-electron chi connectivity index (χ0n) is 13.0. The molecule has 2 aromatic heterocycles. The molecule has 0 aliphatic rings. The highest BCUT2D eigenvalue weighted by Gasteiger charge is 2.16. The number of halogens is 3. The number of nitrogens with one attached hydrogen (secondary N) is 1. The molecule has 0 aliphatic carbocycles. The van der Waals surface area contributed by atoms with Crippen LogP contribution in [-0.2, 0) is 0 Å². The van der Waals surface area contributed by atoms with E-state index in [4.69, 9.17) is 39.5 Å². The molecule has 0 spiro atoms. The maximum atomic E-state index is 11.1. The van der Waals surface area contributed by atoms with Crippen molar-refractivity contribution in [2.24, 2.45) is 0 Å². The minimum absolute atomic E-state index is 0.141. The van der Waals surface area contributed by atoms with Crippen LogP contribution in [0.3, 0.4) is 0 Å². The van der Waals surface area contributed by atoms with E-state index in [1.807, 2.05) is 13.8 Å². The van der Waals surface area contributed by atoms with Crippen LogP contribution in [0.5, 0.6) is 11.6 Å². The molecule has 1 aromatic carbocycles. The molecule has 0 bridgehead atoms. The van der Waals surface area contributed by atoms with Crippen LogP contribution in [0.15, 0.2) is 27.5 Å². The van der Waals surface area contributed by atoms with Gasteiger partial charge in [0.05, 0.1) is 10.0 Å². The summed E-state index contributed by atoms with van der Waals surface area (Å²) in [7, 11) is 0. The van der Waals surface area contributed by atoms with Crippen LogP contribution in [0.25, 0.3) is 11.4 Å². The van der Waals surface area contributed by atoms with Gasteiger partial charge in [0, 0.05) is 11.6 Å². The average Bonchev–Trinajstić information content (AvgIpc) is 2.98. The van der Waals surface area contributed by atoms with E-state index < -0.39 is 5.76 Å². The van der Waals surface area contributed by atoms with Crippen molar-refractivity contribution in [3.8, 4) is 23.0 Å². The summed E-state index contributed by atoms with van der Waals surface area (Å²) in [4.78, 5) is 13.5.